The molecule has 0 bridgehead atoms. The molecule has 1 heterocycles. The first-order chi connectivity index (χ1) is 9.04. The van der Waals surface area contributed by atoms with E-state index in [9.17, 15) is 8.78 Å². The Morgan fingerprint density at radius 3 is 2.47 bits per heavy atom. The van der Waals surface area contributed by atoms with Crippen LogP contribution in [0, 0.1) is 6.92 Å². The van der Waals surface area contributed by atoms with Crippen LogP contribution in [0.5, 0.6) is 5.75 Å². The normalized spacial score (nSPS) is 10.5. The van der Waals surface area contributed by atoms with Gasteiger partial charge in [-0.3, -0.25) is 0 Å². The van der Waals surface area contributed by atoms with Crippen molar-refractivity contribution in [2.45, 2.75) is 13.5 Å². The number of nitrogens with zero attached hydrogens (tertiary/aromatic N) is 1. The monoisotopic (exact) mass is 265 g/mol. The Morgan fingerprint density at radius 2 is 1.84 bits per heavy atom. The zero-order valence-electron chi connectivity index (χ0n) is 10.2. The lowest BCUT2D eigenvalue weighted by Gasteiger charge is -2.10. The predicted molar refractivity (Wildman–Crippen MR) is 69.7 cm³/mol. The molecule has 2 rings (SSSR count). The van der Waals surface area contributed by atoms with Crippen LogP contribution >= 0.6 is 0 Å². The van der Waals surface area contributed by atoms with E-state index in [1.54, 1.807) is 24.3 Å². The molecule has 100 valence electrons. The van der Waals surface area contributed by atoms with Crippen LogP contribution in [-0.2, 0) is 0 Å². The number of ether oxygens (including phenoxy) is 1. The highest BCUT2D eigenvalue weighted by molar-refractivity contribution is 5.68. The zero-order chi connectivity index (χ0) is 13.8. The number of benzene rings is 1. The molecule has 0 saturated carbocycles. The number of halogens is 2. The average molecular weight is 265 g/mol. The van der Waals surface area contributed by atoms with E-state index in [0.717, 1.165) is 5.69 Å². The highest BCUT2D eigenvalue weighted by atomic mass is 19.3. The van der Waals surface area contributed by atoms with Crippen LogP contribution in [0.1, 0.15) is 5.69 Å². The highest BCUT2D eigenvalue weighted by Crippen LogP contribution is 2.23. The van der Waals surface area contributed by atoms with Gasteiger partial charge >= 0.3 is 6.61 Å². The van der Waals surface area contributed by atoms with Gasteiger partial charge in [-0.15, -0.1) is 0 Å². The Kier molecular flexibility index (Phi) is 3.79. The van der Waals surface area contributed by atoms with Crippen molar-refractivity contribution in [2.24, 2.45) is 0 Å². The fourth-order valence-corrected chi connectivity index (χ4v) is 1.52. The van der Waals surface area contributed by atoms with Crippen LogP contribution in [0.3, 0.4) is 0 Å². The third kappa shape index (κ3) is 3.54. The van der Waals surface area contributed by atoms with Crippen molar-refractivity contribution in [2.75, 3.05) is 11.1 Å². The molecule has 19 heavy (non-hydrogen) atoms. The molecule has 1 aromatic carbocycles. The van der Waals surface area contributed by atoms with E-state index >= 15 is 0 Å². The molecule has 1 aromatic heterocycles. The maximum absolute atomic E-state index is 12.0. The number of alkyl halides is 2. The fraction of sp³-hybridized carbons (Fsp3) is 0.154. The third-order valence-corrected chi connectivity index (χ3v) is 2.41. The van der Waals surface area contributed by atoms with Crippen molar-refractivity contribution in [3.8, 4) is 5.75 Å². The van der Waals surface area contributed by atoms with E-state index in [1.165, 1.54) is 12.1 Å². The lowest BCUT2D eigenvalue weighted by molar-refractivity contribution is -0.0498. The van der Waals surface area contributed by atoms with Crippen molar-refractivity contribution in [1.29, 1.82) is 0 Å². The second-order valence-electron chi connectivity index (χ2n) is 3.92. The standard InChI is InChI=1S/C13H13F2N3O/c1-8-2-7-11(16)12(17-8)18-9-3-5-10(6-4-9)19-13(14)15/h2-7,13H,16H2,1H3,(H,17,18). The summed E-state index contributed by atoms with van der Waals surface area (Å²) >= 11 is 0. The van der Waals surface area contributed by atoms with Gasteiger partial charge in [0.05, 0.1) is 5.69 Å². The summed E-state index contributed by atoms with van der Waals surface area (Å²) in [5.41, 5.74) is 7.81. The van der Waals surface area contributed by atoms with Crippen LogP contribution in [0.2, 0.25) is 0 Å². The zero-order valence-corrected chi connectivity index (χ0v) is 10.2. The average Bonchev–Trinajstić information content (AvgIpc) is 2.35. The summed E-state index contributed by atoms with van der Waals surface area (Å²) in [5.74, 6) is 0.633. The van der Waals surface area contributed by atoms with E-state index in [0.29, 0.717) is 17.2 Å². The minimum atomic E-state index is -2.83. The smallest absolute Gasteiger partial charge is 0.387 e. The largest absolute Gasteiger partial charge is 0.435 e. The summed E-state index contributed by atoms with van der Waals surface area (Å²) in [4.78, 5) is 4.25. The van der Waals surface area contributed by atoms with Gasteiger partial charge in [0.1, 0.15) is 5.75 Å². The number of aryl methyl sites for hydroxylation is 1. The van der Waals surface area contributed by atoms with E-state index < -0.39 is 6.61 Å². The number of nitrogens with two attached hydrogens (primary N) is 1. The molecule has 0 amide bonds. The molecule has 0 atom stereocenters. The molecule has 0 aliphatic heterocycles. The van der Waals surface area contributed by atoms with Gasteiger partial charge in [0.25, 0.3) is 0 Å². The summed E-state index contributed by atoms with van der Waals surface area (Å²) in [6.45, 7) is -0.975. The molecule has 0 aliphatic carbocycles. The van der Waals surface area contributed by atoms with Crippen molar-refractivity contribution in [3.63, 3.8) is 0 Å². The molecule has 0 aliphatic rings. The van der Waals surface area contributed by atoms with Crippen molar-refractivity contribution >= 4 is 17.2 Å². The number of nitrogens with one attached hydrogen (secondary N) is 1. The molecule has 6 heteroatoms. The van der Waals surface area contributed by atoms with E-state index in [4.69, 9.17) is 5.73 Å². The summed E-state index contributed by atoms with van der Waals surface area (Å²) < 4.78 is 28.3. The predicted octanol–water partition coefficient (Wildman–Crippen LogP) is 3.32. The van der Waals surface area contributed by atoms with Gasteiger partial charge < -0.3 is 15.8 Å². The summed E-state index contributed by atoms with van der Waals surface area (Å²) in [6, 6.07) is 9.67. The first kappa shape index (κ1) is 13.1. The molecule has 3 N–H and O–H groups in total. The number of hydrogen-bond donors (Lipinski definition) is 2. The maximum atomic E-state index is 12.0. The van der Waals surface area contributed by atoms with Gasteiger partial charge in [0.2, 0.25) is 0 Å². The molecular formula is C13H13F2N3O. The minimum Gasteiger partial charge on any atom is -0.435 e. The highest BCUT2D eigenvalue weighted by Gasteiger charge is 2.05. The van der Waals surface area contributed by atoms with Crippen LogP contribution in [-0.4, -0.2) is 11.6 Å². The molecule has 4 nitrogen and oxygen atoms in total. The first-order valence-electron chi connectivity index (χ1n) is 5.59. The summed E-state index contributed by atoms with van der Waals surface area (Å²) in [5, 5.41) is 3.01. The Morgan fingerprint density at radius 1 is 1.16 bits per heavy atom. The molecular weight excluding hydrogens is 252 g/mol. The first-order valence-corrected chi connectivity index (χ1v) is 5.59. The molecule has 0 saturated heterocycles. The van der Waals surface area contributed by atoms with Gasteiger partial charge in [-0.05, 0) is 43.3 Å². The van der Waals surface area contributed by atoms with Crippen molar-refractivity contribution < 1.29 is 13.5 Å². The van der Waals surface area contributed by atoms with Crippen LogP contribution in [0.25, 0.3) is 0 Å². The molecule has 0 fully saturated rings. The van der Waals surface area contributed by atoms with Crippen LogP contribution in [0.15, 0.2) is 36.4 Å². The topological polar surface area (TPSA) is 60.2 Å². The van der Waals surface area contributed by atoms with E-state index in [-0.39, 0.29) is 5.75 Å². The van der Waals surface area contributed by atoms with Crippen molar-refractivity contribution in [3.05, 3.63) is 42.1 Å². The van der Waals surface area contributed by atoms with Crippen LogP contribution < -0.4 is 15.8 Å². The van der Waals surface area contributed by atoms with Gasteiger partial charge in [0.15, 0.2) is 5.82 Å². The Bertz CT molecular complexity index is 558. The third-order valence-electron chi connectivity index (χ3n) is 2.41. The quantitative estimate of drug-likeness (QED) is 0.890. The second kappa shape index (κ2) is 5.51. The van der Waals surface area contributed by atoms with Gasteiger partial charge in [-0.2, -0.15) is 8.78 Å². The Balaban J connectivity index is 2.13. The fourth-order valence-electron chi connectivity index (χ4n) is 1.52. The van der Waals surface area contributed by atoms with Gasteiger partial charge in [0, 0.05) is 11.4 Å². The Hall–Kier alpha value is -2.37. The van der Waals surface area contributed by atoms with E-state index in [2.05, 4.69) is 15.0 Å². The molecule has 0 radical (unpaired) electrons. The SMILES string of the molecule is Cc1ccc(N)c(Nc2ccc(OC(F)F)cc2)n1. The number of nitrogen functional groups attached to an aromatic ring is 1. The number of aromatic nitrogens is 1. The van der Waals surface area contributed by atoms with Crippen LogP contribution in [0.4, 0.5) is 26.0 Å². The number of pyridine rings is 1. The number of anilines is 3. The van der Waals surface area contributed by atoms with Gasteiger partial charge in [-0.1, -0.05) is 0 Å². The van der Waals surface area contributed by atoms with Crippen molar-refractivity contribution in [1.82, 2.24) is 4.98 Å². The van der Waals surface area contributed by atoms with E-state index in [1.807, 2.05) is 6.92 Å². The molecule has 0 unspecified atom stereocenters. The molecule has 2 aromatic rings. The lowest BCUT2D eigenvalue weighted by atomic mass is 10.3. The second-order valence-corrected chi connectivity index (χ2v) is 3.92. The summed E-state index contributed by atoms with van der Waals surface area (Å²) in [7, 11) is 0. The van der Waals surface area contributed by atoms with Gasteiger partial charge in [-0.25, -0.2) is 4.98 Å². The minimum absolute atomic E-state index is 0.103. The molecule has 0 spiro atoms. The lowest BCUT2D eigenvalue weighted by Crippen LogP contribution is -2.02. The number of hydrogen-bond acceptors (Lipinski definition) is 4. The summed E-state index contributed by atoms with van der Waals surface area (Å²) in [6.07, 6.45) is 0. The maximum Gasteiger partial charge on any atom is 0.387 e. The number of rotatable bonds is 4. The Labute approximate surface area is 109 Å².